The summed E-state index contributed by atoms with van der Waals surface area (Å²) in [4.78, 5) is 14.6. The second-order valence-electron chi connectivity index (χ2n) is 6.16. The molecule has 1 aliphatic heterocycles. The van der Waals surface area contributed by atoms with Crippen molar-refractivity contribution in [3.05, 3.63) is 24.3 Å². The normalized spacial score (nSPS) is 17.2. The number of nitrogens with one attached hydrogen (secondary N) is 1. The van der Waals surface area contributed by atoms with Crippen molar-refractivity contribution < 1.29 is 9.53 Å². The van der Waals surface area contributed by atoms with E-state index in [2.05, 4.69) is 22.4 Å². The number of benzene rings is 1. The van der Waals surface area contributed by atoms with Gasteiger partial charge < -0.3 is 15.0 Å². The van der Waals surface area contributed by atoms with Crippen molar-refractivity contribution >= 4 is 39.8 Å². The fourth-order valence-corrected chi connectivity index (χ4v) is 4.73. The molecule has 0 radical (unpaired) electrons. The van der Waals surface area contributed by atoms with Gasteiger partial charge in [0.1, 0.15) is 5.75 Å². The zero-order valence-corrected chi connectivity index (χ0v) is 16.7. The Bertz CT molecular complexity index is 720. The minimum atomic E-state index is 0.210. The molecule has 0 aliphatic carbocycles. The van der Waals surface area contributed by atoms with Crippen LogP contribution in [-0.2, 0) is 4.79 Å². The lowest BCUT2D eigenvalue weighted by Crippen LogP contribution is -2.44. The molecule has 140 valence electrons. The van der Waals surface area contributed by atoms with Gasteiger partial charge in [0.2, 0.25) is 11.0 Å². The lowest BCUT2D eigenvalue weighted by Gasteiger charge is -2.35. The first kappa shape index (κ1) is 19.0. The van der Waals surface area contributed by atoms with Gasteiger partial charge in [-0.25, -0.2) is 0 Å². The molecule has 2 heterocycles. The van der Waals surface area contributed by atoms with Gasteiger partial charge in [-0.2, -0.15) is 0 Å². The molecule has 3 rings (SSSR count). The highest BCUT2D eigenvalue weighted by atomic mass is 32.2. The molecule has 26 heavy (non-hydrogen) atoms. The van der Waals surface area contributed by atoms with Crippen molar-refractivity contribution in [1.29, 1.82) is 0 Å². The SMILES string of the molecule is CC[C@H]1CCCCN1C(=O)CSc1nnc(Nc2ccc(OC)cc2)s1. The minimum Gasteiger partial charge on any atom is -0.497 e. The van der Waals surface area contributed by atoms with Gasteiger partial charge in [-0.3, -0.25) is 4.79 Å². The standard InChI is InChI=1S/C18H24N4O2S2/c1-3-14-6-4-5-11-22(14)16(23)12-25-18-21-20-17(26-18)19-13-7-9-15(24-2)10-8-13/h7-10,14H,3-6,11-12H2,1-2H3,(H,19,20)/t14-/m0/s1. The van der Waals surface area contributed by atoms with Crippen molar-refractivity contribution in [2.45, 2.75) is 43.0 Å². The third-order valence-corrected chi connectivity index (χ3v) is 6.44. The Morgan fingerprint density at radius 1 is 1.35 bits per heavy atom. The number of hydrogen-bond acceptors (Lipinski definition) is 7. The summed E-state index contributed by atoms with van der Waals surface area (Å²) < 4.78 is 5.96. The van der Waals surface area contributed by atoms with Crippen molar-refractivity contribution in [2.75, 3.05) is 24.7 Å². The van der Waals surface area contributed by atoms with Crippen LogP contribution in [0.25, 0.3) is 0 Å². The summed E-state index contributed by atoms with van der Waals surface area (Å²) in [7, 11) is 1.64. The highest BCUT2D eigenvalue weighted by Gasteiger charge is 2.25. The van der Waals surface area contributed by atoms with E-state index in [1.165, 1.54) is 29.5 Å². The zero-order chi connectivity index (χ0) is 18.4. The number of hydrogen-bond donors (Lipinski definition) is 1. The lowest BCUT2D eigenvalue weighted by molar-refractivity contribution is -0.132. The summed E-state index contributed by atoms with van der Waals surface area (Å²) in [5.41, 5.74) is 0.925. The first-order valence-electron chi connectivity index (χ1n) is 8.86. The van der Waals surface area contributed by atoms with E-state index in [0.29, 0.717) is 11.8 Å². The fourth-order valence-electron chi connectivity index (χ4n) is 3.08. The fraction of sp³-hybridized carbons (Fsp3) is 0.500. The molecule has 1 aliphatic rings. The monoisotopic (exact) mass is 392 g/mol. The van der Waals surface area contributed by atoms with Crippen LogP contribution >= 0.6 is 23.1 Å². The third kappa shape index (κ3) is 4.88. The summed E-state index contributed by atoms with van der Waals surface area (Å²) in [5, 5.41) is 12.3. The van der Waals surface area contributed by atoms with Crippen LogP contribution in [0.4, 0.5) is 10.8 Å². The predicted octanol–water partition coefficient (Wildman–Crippen LogP) is 4.17. The summed E-state index contributed by atoms with van der Waals surface area (Å²) in [6, 6.07) is 8.04. The number of aromatic nitrogens is 2. The number of carbonyl (C=O) groups excluding carboxylic acids is 1. The van der Waals surface area contributed by atoms with Gasteiger partial charge in [0, 0.05) is 18.3 Å². The average molecular weight is 393 g/mol. The van der Waals surface area contributed by atoms with Crippen molar-refractivity contribution in [3.8, 4) is 5.75 Å². The molecule has 1 amide bonds. The number of methoxy groups -OCH3 is 1. The van der Waals surface area contributed by atoms with Gasteiger partial charge in [-0.05, 0) is 49.9 Å². The van der Waals surface area contributed by atoms with Crippen LogP contribution in [0.2, 0.25) is 0 Å². The van der Waals surface area contributed by atoms with E-state index >= 15 is 0 Å². The molecule has 1 N–H and O–H groups in total. The smallest absolute Gasteiger partial charge is 0.233 e. The second kappa shape index (κ2) is 9.23. The second-order valence-corrected chi connectivity index (χ2v) is 8.36. The molecule has 8 heteroatoms. The topological polar surface area (TPSA) is 67.4 Å². The maximum atomic E-state index is 12.5. The van der Waals surface area contributed by atoms with Gasteiger partial charge in [-0.1, -0.05) is 30.0 Å². The number of ether oxygens (including phenoxy) is 1. The summed E-state index contributed by atoms with van der Waals surface area (Å²) >= 11 is 2.93. The largest absolute Gasteiger partial charge is 0.497 e. The molecule has 0 saturated carbocycles. The molecule has 1 saturated heterocycles. The molecule has 2 aromatic rings. The molecule has 1 aromatic carbocycles. The van der Waals surface area contributed by atoms with Crippen LogP contribution in [0.15, 0.2) is 28.6 Å². The van der Waals surface area contributed by atoms with Crippen LogP contribution in [0.5, 0.6) is 5.75 Å². The third-order valence-electron chi connectivity index (χ3n) is 4.49. The molecule has 1 atom stereocenters. The Kier molecular flexibility index (Phi) is 6.73. The number of nitrogens with zero attached hydrogens (tertiary/aromatic N) is 3. The van der Waals surface area contributed by atoms with Crippen molar-refractivity contribution in [1.82, 2.24) is 15.1 Å². The summed E-state index contributed by atoms with van der Waals surface area (Å²) in [6.07, 6.45) is 4.50. The predicted molar refractivity (Wildman–Crippen MR) is 107 cm³/mol. The van der Waals surface area contributed by atoms with Gasteiger partial charge in [0.15, 0.2) is 4.34 Å². The van der Waals surface area contributed by atoms with Gasteiger partial charge in [0.25, 0.3) is 0 Å². The van der Waals surface area contributed by atoms with E-state index in [0.717, 1.165) is 46.7 Å². The number of thioether (sulfide) groups is 1. The highest BCUT2D eigenvalue weighted by molar-refractivity contribution is 8.01. The Hall–Kier alpha value is -1.80. The lowest BCUT2D eigenvalue weighted by atomic mass is 10.0. The number of anilines is 2. The van der Waals surface area contributed by atoms with Crippen LogP contribution in [0.3, 0.4) is 0 Å². The summed E-state index contributed by atoms with van der Waals surface area (Å²) in [5.74, 6) is 1.44. The van der Waals surface area contributed by atoms with Gasteiger partial charge in [-0.15, -0.1) is 10.2 Å². The molecule has 6 nitrogen and oxygen atoms in total. The van der Waals surface area contributed by atoms with E-state index < -0.39 is 0 Å². The molecule has 0 bridgehead atoms. The average Bonchev–Trinajstić information content (AvgIpc) is 3.14. The number of amides is 1. The Balaban J connectivity index is 1.52. The van der Waals surface area contributed by atoms with Gasteiger partial charge >= 0.3 is 0 Å². The highest BCUT2D eigenvalue weighted by Crippen LogP contribution is 2.29. The molecular weight excluding hydrogens is 368 g/mol. The van der Waals surface area contributed by atoms with Gasteiger partial charge in [0.05, 0.1) is 12.9 Å². The molecule has 0 unspecified atom stereocenters. The number of rotatable bonds is 7. The Morgan fingerprint density at radius 3 is 2.88 bits per heavy atom. The Labute approximate surface area is 162 Å². The van der Waals surface area contributed by atoms with E-state index in [9.17, 15) is 4.79 Å². The maximum absolute atomic E-state index is 12.5. The quantitative estimate of drug-likeness (QED) is 0.713. The van der Waals surface area contributed by atoms with E-state index in [1.54, 1.807) is 7.11 Å². The van der Waals surface area contributed by atoms with Crippen molar-refractivity contribution in [2.24, 2.45) is 0 Å². The zero-order valence-electron chi connectivity index (χ0n) is 15.1. The number of likely N-dealkylation sites (tertiary alicyclic amines) is 1. The van der Waals surface area contributed by atoms with Crippen LogP contribution < -0.4 is 10.1 Å². The van der Waals surface area contributed by atoms with E-state index in [4.69, 9.17) is 4.74 Å². The molecule has 1 aromatic heterocycles. The van der Waals surface area contributed by atoms with E-state index in [1.807, 2.05) is 29.2 Å². The molecule has 0 spiro atoms. The first-order chi connectivity index (χ1) is 12.7. The van der Waals surface area contributed by atoms with Crippen LogP contribution in [-0.4, -0.2) is 46.5 Å². The van der Waals surface area contributed by atoms with Crippen molar-refractivity contribution in [3.63, 3.8) is 0 Å². The first-order valence-corrected chi connectivity index (χ1v) is 10.7. The number of carbonyl (C=O) groups is 1. The minimum absolute atomic E-state index is 0.210. The maximum Gasteiger partial charge on any atom is 0.233 e. The molecule has 1 fully saturated rings. The van der Waals surface area contributed by atoms with E-state index in [-0.39, 0.29) is 5.91 Å². The van der Waals surface area contributed by atoms with Crippen LogP contribution in [0, 0.1) is 0 Å². The summed E-state index contributed by atoms with van der Waals surface area (Å²) in [6.45, 7) is 3.05. The Morgan fingerprint density at radius 2 is 2.15 bits per heavy atom. The van der Waals surface area contributed by atoms with Crippen LogP contribution in [0.1, 0.15) is 32.6 Å². The number of piperidine rings is 1. The molecular formula is C18H24N4O2S2.